The fourth-order valence-electron chi connectivity index (χ4n) is 3.69. The maximum Gasteiger partial charge on any atom is 0.259 e. The van der Waals surface area contributed by atoms with Gasteiger partial charge in [0.05, 0.1) is 28.2 Å². The van der Waals surface area contributed by atoms with E-state index >= 15 is 0 Å². The largest absolute Gasteiger partial charge is 0.322 e. The van der Waals surface area contributed by atoms with Crippen LogP contribution in [0.2, 0.25) is 5.02 Å². The summed E-state index contributed by atoms with van der Waals surface area (Å²) < 4.78 is 15.3. The Labute approximate surface area is 173 Å². The fraction of sp³-hybridized carbons (Fsp3) is 0.273. The van der Waals surface area contributed by atoms with Gasteiger partial charge in [-0.2, -0.15) is 5.10 Å². The smallest absolute Gasteiger partial charge is 0.259 e. The van der Waals surface area contributed by atoms with Crippen molar-refractivity contribution in [3.63, 3.8) is 0 Å². The number of piperidine rings is 1. The molecule has 0 bridgehead atoms. The summed E-state index contributed by atoms with van der Waals surface area (Å²) in [7, 11) is 0. The minimum Gasteiger partial charge on any atom is -0.322 e. The van der Waals surface area contributed by atoms with Crippen LogP contribution in [0.5, 0.6) is 0 Å². The molecule has 0 atom stereocenters. The van der Waals surface area contributed by atoms with Crippen molar-refractivity contribution in [1.82, 2.24) is 15.1 Å². The van der Waals surface area contributed by atoms with E-state index in [4.69, 9.17) is 11.6 Å². The number of hydrogen-bond donors (Lipinski definition) is 2. The molecule has 0 unspecified atom stereocenters. The lowest BCUT2D eigenvalue weighted by atomic mass is 9.91. The molecule has 3 aromatic rings. The van der Waals surface area contributed by atoms with E-state index < -0.39 is 5.82 Å². The Morgan fingerprint density at radius 2 is 1.93 bits per heavy atom. The Balaban J connectivity index is 1.70. The van der Waals surface area contributed by atoms with Crippen LogP contribution in [-0.2, 0) is 0 Å². The number of carbonyl (C=O) groups is 1. The zero-order chi connectivity index (χ0) is 20.4. The van der Waals surface area contributed by atoms with Crippen LogP contribution in [0.1, 0.15) is 40.4 Å². The minimum atomic E-state index is -0.521. The zero-order valence-electron chi connectivity index (χ0n) is 16.1. The molecule has 1 aliphatic heterocycles. The second-order valence-corrected chi connectivity index (χ2v) is 7.71. The summed E-state index contributed by atoms with van der Waals surface area (Å²) in [5, 5.41) is 10.7. The molecule has 7 heteroatoms. The average Bonchev–Trinajstić information content (AvgIpc) is 3.17. The van der Waals surface area contributed by atoms with Gasteiger partial charge in [0.1, 0.15) is 5.82 Å². The van der Waals surface area contributed by atoms with E-state index in [2.05, 4.69) is 15.7 Å². The summed E-state index contributed by atoms with van der Waals surface area (Å²) >= 11 is 5.84. The van der Waals surface area contributed by atoms with E-state index in [1.807, 2.05) is 35.9 Å². The molecule has 2 N–H and O–H groups in total. The van der Waals surface area contributed by atoms with E-state index in [9.17, 15) is 9.18 Å². The normalized spacial score (nSPS) is 14.7. The van der Waals surface area contributed by atoms with Gasteiger partial charge in [0.2, 0.25) is 0 Å². The van der Waals surface area contributed by atoms with Gasteiger partial charge in [-0.3, -0.25) is 4.79 Å². The van der Waals surface area contributed by atoms with Gasteiger partial charge in [0.15, 0.2) is 0 Å². The maximum absolute atomic E-state index is 13.4. The van der Waals surface area contributed by atoms with Crippen LogP contribution in [0.4, 0.5) is 10.1 Å². The van der Waals surface area contributed by atoms with Gasteiger partial charge in [-0.05, 0) is 63.2 Å². The molecule has 1 amide bonds. The van der Waals surface area contributed by atoms with Gasteiger partial charge < -0.3 is 10.6 Å². The Bertz CT molecular complexity index is 1030. The van der Waals surface area contributed by atoms with Gasteiger partial charge in [-0.25, -0.2) is 9.07 Å². The monoisotopic (exact) mass is 412 g/mol. The zero-order valence-corrected chi connectivity index (χ0v) is 16.8. The Morgan fingerprint density at radius 3 is 2.62 bits per heavy atom. The molecule has 29 heavy (non-hydrogen) atoms. The Kier molecular flexibility index (Phi) is 5.65. The maximum atomic E-state index is 13.4. The van der Waals surface area contributed by atoms with Crippen LogP contribution < -0.4 is 10.6 Å². The molecule has 1 saturated heterocycles. The van der Waals surface area contributed by atoms with Crippen molar-refractivity contribution in [3.8, 4) is 5.69 Å². The van der Waals surface area contributed by atoms with Crippen molar-refractivity contribution in [1.29, 1.82) is 0 Å². The van der Waals surface area contributed by atoms with E-state index in [1.165, 1.54) is 18.2 Å². The number of aryl methyl sites for hydroxylation is 1. The van der Waals surface area contributed by atoms with Crippen LogP contribution in [-0.4, -0.2) is 28.8 Å². The van der Waals surface area contributed by atoms with Crippen molar-refractivity contribution in [2.45, 2.75) is 25.7 Å². The van der Waals surface area contributed by atoms with E-state index in [-0.39, 0.29) is 16.8 Å². The third-order valence-electron chi connectivity index (χ3n) is 5.23. The number of anilines is 1. The predicted molar refractivity (Wildman–Crippen MR) is 113 cm³/mol. The van der Waals surface area contributed by atoms with E-state index in [1.54, 1.807) is 6.20 Å². The van der Waals surface area contributed by atoms with Crippen LogP contribution in [0.3, 0.4) is 0 Å². The first-order chi connectivity index (χ1) is 14.0. The number of aromatic nitrogens is 2. The second-order valence-electron chi connectivity index (χ2n) is 7.30. The highest BCUT2D eigenvalue weighted by Crippen LogP contribution is 2.31. The quantitative estimate of drug-likeness (QED) is 0.653. The van der Waals surface area contributed by atoms with Crippen molar-refractivity contribution < 1.29 is 9.18 Å². The molecule has 0 saturated carbocycles. The number of halogens is 2. The van der Waals surface area contributed by atoms with E-state index in [0.717, 1.165) is 42.9 Å². The lowest BCUT2D eigenvalue weighted by molar-refractivity contribution is 0.102. The molecule has 0 aliphatic carbocycles. The van der Waals surface area contributed by atoms with Crippen LogP contribution in [0.15, 0.2) is 48.7 Å². The first kappa shape index (κ1) is 19.6. The molecule has 2 heterocycles. The predicted octanol–water partition coefficient (Wildman–Crippen LogP) is 4.69. The third kappa shape index (κ3) is 4.18. The number of rotatable bonds is 4. The third-order valence-corrected chi connectivity index (χ3v) is 5.52. The second kappa shape index (κ2) is 8.35. The SMILES string of the molecule is Cc1ccc(-n2ncc(C(=O)Nc3ccc(F)c(Cl)c3)c2C2CCNCC2)cc1. The first-order valence-electron chi connectivity index (χ1n) is 9.65. The lowest BCUT2D eigenvalue weighted by Gasteiger charge is -2.24. The highest BCUT2D eigenvalue weighted by Gasteiger charge is 2.27. The van der Waals surface area contributed by atoms with Crippen molar-refractivity contribution >= 4 is 23.2 Å². The van der Waals surface area contributed by atoms with Crippen molar-refractivity contribution in [2.75, 3.05) is 18.4 Å². The Hall–Kier alpha value is -2.70. The fourth-order valence-corrected chi connectivity index (χ4v) is 3.87. The summed E-state index contributed by atoms with van der Waals surface area (Å²) in [6, 6.07) is 12.2. The number of hydrogen-bond acceptors (Lipinski definition) is 3. The molecule has 5 nitrogen and oxygen atoms in total. The van der Waals surface area contributed by atoms with Gasteiger partial charge in [-0.15, -0.1) is 0 Å². The molecule has 1 aromatic heterocycles. The lowest BCUT2D eigenvalue weighted by Crippen LogP contribution is -2.29. The molecular weight excluding hydrogens is 391 g/mol. The molecule has 150 valence electrons. The van der Waals surface area contributed by atoms with Crippen molar-refractivity contribution in [2.24, 2.45) is 0 Å². The summed E-state index contributed by atoms with van der Waals surface area (Å²) in [4.78, 5) is 13.1. The number of carbonyl (C=O) groups excluding carboxylic acids is 1. The molecule has 0 radical (unpaired) electrons. The van der Waals surface area contributed by atoms with Crippen LogP contribution in [0.25, 0.3) is 5.69 Å². The molecule has 0 spiro atoms. The average molecular weight is 413 g/mol. The first-order valence-corrected chi connectivity index (χ1v) is 10.0. The topological polar surface area (TPSA) is 59.0 Å². The highest BCUT2D eigenvalue weighted by atomic mass is 35.5. The minimum absolute atomic E-state index is 0.0308. The number of benzene rings is 2. The van der Waals surface area contributed by atoms with Gasteiger partial charge in [0.25, 0.3) is 5.91 Å². The highest BCUT2D eigenvalue weighted by molar-refractivity contribution is 6.31. The molecule has 2 aromatic carbocycles. The summed E-state index contributed by atoms with van der Waals surface area (Å²) in [5.41, 5.74) is 3.96. The summed E-state index contributed by atoms with van der Waals surface area (Å²) in [6.07, 6.45) is 3.47. The summed E-state index contributed by atoms with van der Waals surface area (Å²) in [6.45, 7) is 3.84. The van der Waals surface area contributed by atoms with Gasteiger partial charge in [0, 0.05) is 11.6 Å². The van der Waals surface area contributed by atoms with Crippen LogP contribution in [0, 0.1) is 12.7 Å². The molecule has 1 aliphatic rings. The number of nitrogens with one attached hydrogen (secondary N) is 2. The van der Waals surface area contributed by atoms with E-state index in [0.29, 0.717) is 11.3 Å². The van der Waals surface area contributed by atoms with Gasteiger partial charge >= 0.3 is 0 Å². The number of nitrogens with zero attached hydrogens (tertiary/aromatic N) is 2. The van der Waals surface area contributed by atoms with Crippen LogP contribution >= 0.6 is 11.6 Å². The van der Waals surface area contributed by atoms with Crippen molar-refractivity contribution in [3.05, 3.63) is 76.3 Å². The summed E-state index contributed by atoms with van der Waals surface area (Å²) in [5.74, 6) is -0.579. The molecule has 4 rings (SSSR count). The molecule has 1 fully saturated rings. The molecular formula is C22H22ClFN4O. The Morgan fingerprint density at radius 1 is 1.21 bits per heavy atom. The standard InChI is InChI=1S/C22H22ClFN4O/c1-14-2-5-17(6-3-14)28-21(15-8-10-25-11-9-15)18(13-26-28)22(29)27-16-4-7-20(24)19(23)12-16/h2-7,12-13,15,25H,8-11H2,1H3,(H,27,29). The number of amides is 1. The van der Waals surface area contributed by atoms with Gasteiger partial charge in [-0.1, -0.05) is 29.3 Å².